The molecule has 0 bridgehead atoms. The Hall–Kier alpha value is -1.51. The summed E-state index contributed by atoms with van der Waals surface area (Å²) in [5.41, 5.74) is 0.629. The molecule has 0 fully saturated rings. The number of rotatable bonds is 2. The molecule has 3 heteroatoms. The van der Waals surface area contributed by atoms with Crippen LogP contribution in [-0.4, -0.2) is 16.5 Å². The van der Waals surface area contributed by atoms with E-state index >= 15 is 0 Å². The van der Waals surface area contributed by atoms with Gasteiger partial charge in [-0.25, -0.2) is 0 Å². The summed E-state index contributed by atoms with van der Waals surface area (Å²) in [5, 5.41) is 18.6. The molecule has 64 valence electrons. The molecule has 0 heterocycles. The second kappa shape index (κ2) is 3.26. The van der Waals surface area contributed by atoms with Gasteiger partial charge in [-0.15, -0.1) is 0 Å². The van der Waals surface area contributed by atoms with Gasteiger partial charge in [-0.1, -0.05) is 6.92 Å². The average molecular weight is 166 g/mol. The number of hydrogen-bond donors (Lipinski definition) is 2. The summed E-state index contributed by atoms with van der Waals surface area (Å²) in [4.78, 5) is 10.4. The molecule has 1 aromatic carbocycles. The molecule has 0 atom stereocenters. The fourth-order valence-corrected chi connectivity index (χ4v) is 1.09. The van der Waals surface area contributed by atoms with E-state index in [1.165, 1.54) is 12.1 Å². The molecular weight excluding hydrogens is 156 g/mol. The largest absolute Gasteiger partial charge is 0.508 e. The Morgan fingerprint density at radius 2 is 2.08 bits per heavy atom. The highest BCUT2D eigenvalue weighted by atomic mass is 16.3. The van der Waals surface area contributed by atoms with E-state index in [0.29, 0.717) is 18.3 Å². The Bertz CT molecular complexity index is 305. The summed E-state index contributed by atoms with van der Waals surface area (Å²) in [6.07, 6.45) is 1.06. The van der Waals surface area contributed by atoms with Crippen molar-refractivity contribution in [3.8, 4) is 11.5 Å². The van der Waals surface area contributed by atoms with E-state index < -0.39 is 0 Å². The van der Waals surface area contributed by atoms with E-state index in [0.717, 1.165) is 0 Å². The van der Waals surface area contributed by atoms with E-state index in [4.69, 9.17) is 0 Å². The summed E-state index contributed by atoms with van der Waals surface area (Å²) in [5.74, 6) is -0.0897. The molecule has 0 aliphatic rings. The third kappa shape index (κ3) is 1.25. The van der Waals surface area contributed by atoms with Crippen molar-refractivity contribution in [2.75, 3.05) is 0 Å². The zero-order valence-electron chi connectivity index (χ0n) is 6.74. The Kier molecular flexibility index (Phi) is 2.33. The first-order valence-electron chi connectivity index (χ1n) is 3.69. The highest BCUT2D eigenvalue weighted by Gasteiger charge is 2.08. The molecule has 0 radical (unpaired) electrons. The van der Waals surface area contributed by atoms with Crippen LogP contribution in [-0.2, 0) is 6.42 Å². The van der Waals surface area contributed by atoms with Crippen LogP contribution < -0.4 is 0 Å². The van der Waals surface area contributed by atoms with Gasteiger partial charge in [0.1, 0.15) is 11.5 Å². The Morgan fingerprint density at radius 1 is 1.42 bits per heavy atom. The highest BCUT2D eigenvalue weighted by molar-refractivity contribution is 5.80. The van der Waals surface area contributed by atoms with Gasteiger partial charge in [0, 0.05) is 5.56 Å². The predicted molar refractivity (Wildman–Crippen MR) is 44.5 cm³/mol. The van der Waals surface area contributed by atoms with Gasteiger partial charge in [0.05, 0.1) is 5.56 Å². The first kappa shape index (κ1) is 8.59. The topological polar surface area (TPSA) is 57.5 Å². The third-order valence-electron chi connectivity index (χ3n) is 1.77. The first-order chi connectivity index (χ1) is 5.70. The Morgan fingerprint density at radius 3 is 2.58 bits per heavy atom. The second-order valence-electron chi connectivity index (χ2n) is 2.47. The fraction of sp³-hybridized carbons (Fsp3) is 0.222. The highest BCUT2D eigenvalue weighted by Crippen LogP contribution is 2.29. The van der Waals surface area contributed by atoms with Gasteiger partial charge in [-0.2, -0.15) is 0 Å². The number of carbonyl (C=O) groups is 1. The molecule has 0 spiro atoms. The molecular formula is C9H10O3. The first-order valence-corrected chi connectivity index (χ1v) is 3.69. The summed E-state index contributed by atoms with van der Waals surface area (Å²) in [6.45, 7) is 1.79. The summed E-state index contributed by atoms with van der Waals surface area (Å²) in [7, 11) is 0. The molecule has 0 saturated carbocycles. The normalized spacial score (nSPS) is 9.75. The Labute approximate surface area is 70.3 Å². The van der Waals surface area contributed by atoms with Gasteiger partial charge in [0.15, 0.2) is 6.29 Å². The van der Waals surface area contributed by atoms with E-state index in [2.05, 4.69) is 0 Å². The minimum Gasteiger partial charge on any atom is -0.508 e. The maximum atomic E-state index is 10.4. The minimum absolute atomic E-state index is 0.0283. The smallest absolute Gasteiger partial charge is 0.153 e. The van der Waals surface area contributed by atoms with Crippen LogP contribution in [0.25, 0.3) is 0 Å². The summed E-state index contributed by atoms with van der Waals surface area (Å²) in [6, 6.07) is 2.79. The zero-order valence-corrected chi connectivity index (χ0v) is 6.74. The molecule has 0 saturated heterocycles. The number of hydrogen-bond acceptors (Lipinski definition) is 3. The molecule has 3 nitrogen and oxygen atoms in total. The van der Waals surface area contributed by atoms with Crippen molar-refractivity contribution in [3.63, 3.8) is 0 Å². The number of aromatic hydroxyl groups is 2. The van der Waals surface area contributed by atoms with Crippen LogP contribution in [0.4, 0.5) is 0 Å². The molecule has 12 heavy (non-hydrogen) atoms. The van der Waals surface area contributed by atoms with Gasteiger partial charge in [0.25, 0.3) is 0 Å². The number of carbonyl (C=O) groups excluding carboxylic acids is 1. The molecule has 0 aromatic heterocycles. The Balaban J connectivity index is 3.33. The van der Waals surface area contributed by atoms with Crippen molar-refractivity contribution in [1.82, 2.24) is 0 Å². The maximum Gasteiger partial charge on any atom is 0.153 e. The molecule has 2 N–H and O–H groups in total. The molecule has 1 rings (SSSR count). The van der Waals surface area contributed by atoms with Gasteiger partial charge in [-0.3, -0.25) is 4.79 Å². The van der Waals surface area contributed by atoms with Crippen LogP contribution in [0.2, 0.25) is 0 Å². The molecule has 0 aliphatic carbocycles. The average Bonchev–Trinajstić information content (AvgIpc) is 2.06. The lowest BCUT2D eigenvalue weighted by atomic mass is 10.1. The zero-order chi connectivity index (χ0) is 9.14. The van der Waals surface area contributed by atoms with E-state index in [-0.39, 0.29) is 17.1 Å². The van der Waals surface area contributed by atoms with E-state index in [9.17, 15) is 15.0 Å². The van der Waals surface area contributed by atoms with Crippen molar-refractivity contribution >= 4 is 6.29 Å². The van der Waals surface area contributed by atoms with Crippen LogP contribution in [0, 0.1) is 0 Å². The van der Waals surface area contributed by atoms with Crippen LogP contribution in [0.5, 0.6) is 11.5 Å². The quantitative estimate of drug-likeness (QED) is 0.654. The van der Waals surface area contributed by atoms with E-state index in [1.54, 1.807) is 6.92 Å². The van der Waals surface area contributed by atoms with Crippen molar-refractivity contribution < 1.29 is 15.0 Å². The summed E-state index contributed by atoms with van der Waals surface area (Å²) < 4.78 is 0. The molecule has 0 aliphatic heterocycles. The van der Waals surface area contributed by atoms with Crippen molar-refractivity contribution in [1.29, 1.82) is 0 Å². The third-order valence-corrected chi connectivity index (χ3v) is 1.77. The number of aldehydes is 1. The lowest BCUT2D eigenvalue weighted by Crippen LogP contribution is -1.88. The SMILES string of the molecule is CCc1c(O)ccc(C=O)c1O. The van der Waals surface area contributed by atoms with Crippen molar-refractivity contribution in [3.05, 3.63) is 23.3 Å². The second-order valence-corrected chi connectivity index (χ2v) is 2.47. The van der Waals surface area contributed by atoms with Crippen LogP contribution in [0.1, 0.15) is 22.8 Å². The molecule has 0 unspecified atom stereocenters. The van der Waals surface area contributed by atoms with Crippen molar-refractivity contribution in [2.24, 2.45) is 0 Å². The van der Waals surface area contributed by atoms with Crippen LogP contribution in [0.3, 0.4) is 0 Å². The lowest BCUT2D eigenvalue weighted by molar-refractivity contribution is 0.112. The number of benzene rings is 1. The molecule has 1 aromatic rings. The minimum atomic E-state index is -0.118. The predicted octanol–water partition coefficient (Wildman–Crippen LogP) is 1.47. The van der Waals surface area contributed by atoms with Crippen molar-refractivity contribution in [2.45, 2.75) is 13.3 Å². The molecule has 0 amide bonds. The summed E-state index contributed by atoms with van der Waals surface area (Å²) >= 11 is 0. The standard InChI is InChI=1S/C9H10O3/c1-2-7-8(11)4-3-6(5-10)9(7)12/h3-5,11-12H,2H2,1H3. The monoisotopic (exact) mass is 166 g/mol. The maximum absolute atomic E-state index is 10.4. The van der Waals surface area contributed by atoms with Gasteiger partial charge in [0.2, 0.25) is 0 Å². The lowest BCUT2D eigenvalue weighted by Gasteiger charge is -2.05. The van der Waals surface area contributed by atoms with Gasteiger partial charge < -0.3 is 10.2 Å². The van der Waals surface area contributed by atoms with Gasteiger partial charge in [-0.05, 0) is 18.6 Å². The number of phenols is 2. The van der Waals surface area contributed by atoms with Crippen LogP contribution >= 0.6 is 0 Å². The van der Waals surface area contributed by atoms with Crippen LogP contribution in [0.15, 0.2) is 12.1 Å². The van der Waals surface area contributed by atoms with E-state index in [1.807, 2.05) is 0 Å². The van der Waals surface area contributed by atoms with Gasteiger partial charge >= 0.3 is 0 Å². The fourth-order valence-electron chi connectivity index (χ4n) is 1.09. The number of phenolic OH excluding ortho intramolecular Hbond substituents is 2.